The molecule has 0 aromatic heterocycles. The molecule has 4 aromatic rings. The van der Waals surface area contributed by atoms with Crippen LogP contribution in [0.5, 0.6) is 0 Å². The molecular weight excluding hydrogens is 504 g/mol. The van der Waals surface area contributed by atoms with Crippen LogP contribution in [0.4, 0.5) is 0 Å². The van der Waals surface area contributed by atoms with E-state index in [9.17, 15) is 0 Å². The number of hydrogen-bond acceptors (Lipinski definition) is 0. The van der Waals surface area contributed by atoms with Gasteiger partial charge in [0.2, 0.25) is 0 Å². The van der Waals surface area contributed by atoms with Gasteiger partial charge in [0.1, 0.15) is 0 Å². The van der Waals surface area contributed by atoms with Gasteiger partial charge >= 0.3 is 26.2 Å². The van der Waals surface area contributed by atoms with E-state index < -0.39 is 0 Å². The second-order valence-corrected chi connectivity index (χ2v) is 12.0. The van der Waals surface area contributed by atoms with Gasteiger partial charge in [0.05, 0.1) is 0 Å². The molecule has 0 saturated carbocycles. The van der Waals surface area contributed by atoms with E-state index >= 15 is 0 Å². The first kappa shape index (κ1) is 28.6. The van der Waals surface area contributed by atoms with Crippen LogP contribution < -0.4 is 0 Å². The van der Waals surface area contributed by atoms with Gasteiger partial charge in [-0.2, -0.15) is 41.3 Å². The molecular formula is C32H38SiZr. The van der Waals surface area contributed by atoms with E-state index in [2.05, 4.69) is 133 Å². The van der Waals surface area contributed by atoms with Crippen molar-refractivity contribution in [3.05, 3.63) is 101 Å². The monoisotopic (exact) mass is 540 g/mol. The molecule has 0 unspecified atom stereocenters. The first-order chi connectivity index (χ1) is 15.5. The molecule has 174 valence electrons. The third kappa shape index (κ3) is 6.96. The molecule has 0 nitrogen and oxygen atoms in total. The van der Waals surface area contributed by atoms with Crippen LogP contribution in [0.15, 0.2) is 72.8 Å². The summed E-state index contributed by atoms with van der Waals surface area (Å²) in [5.41, 5.74) is 8.70. The summed E-state index contributed by atoms with van der Waals surface area (Å²) in [6, 6.07) is 29.8. The van der Waals surface area contributed by atoms with Gasteiger partial charge in [-0.3, -0.25) is 0 Å². The largest absolute Gasteiger partial charge is 2.00 e. The van der Waals surface area contributed by atoms with Gasteiger partial charge in [0.15, 0.2) is 0 Å². The van der Waals surface area contributed by atoms with Crippen LogP contribution in [-0.2, 0) is 43.5 Å². The Morgan fingerprint density at radius 1 is 0.794 bits per heavy atom. The molecule has 0 aliphatic heterocycles. The molecule has 1 aliphatic carbocycles. The molecule has 5 rings (SSSR count). The number of hydrogen-bond donors (Lipinski definition) is 0. The van der Waals surface area contributed by atoms with Crippen LogP contribution in [-0.4, -0.2) is 9.52 Å². The summed E-state index contributed by atoms with van der Waals surface area (Å²) in [7, 11) is 1.08. The maximum absolute atomic E-state index is 3.67. The maximum Gasteiger partial charge on any atom is 2.00 e. The maximum atomic E-state index is 3.67. The van der Waals surface area contributed by atoms with Crippen LogP contribution in [0.25, 0.3) is 21.9 Å². The average Bonchev–Trinajstić information content (AvgIpc) is 3.37. The third-order valence-corrected chi connectivity index (χ3v) is 6.01. The quantitative estimate of drug-likeness (QED) is 0.135. The number of rotatable bonds is 0. The van der Waals surface area contributed by atoms with Gasteiger partial charge in [-0.05, 0) is 28.4 Å². The Hall–Kier alpha value is -1.63. The summed E-state index contributed by atoms with van der Waals surface area (Å²) in [6.45, 7) is 17.9. The summed E-state index contributed by atoms with van der Waals surface area (Å²) in [5.74, 6) is 0. The topological polar surface area (TPSA) is 0 Å². The molecule has 4 aromatic carbocycles. The molecule has 0 spiro atoms. The van der Waals surface area contributed by atoms with Crippen LogP contribution in [0.3, 0.4) is 0 Å². The van der Waals surface area contributed by atoms with Crippen molar-refractivity contribution >= 4 is 20.3 Å². The first-order valence-corrected chi connectivity index (χ1v) is 13.9. The average molecular weight is 542 g/mol. The minimum absolute atomic E-state index is 0. The van der Waals surface area contributed by atoms with Crippen molar-refractivity contribution in [1.29, 1.82) is 0 Å². The Morgan fingerprint density at radius 2 is 1.44 bits per heavy atom. The van der Waals surface area contributed by atoms with Gasteiger partial charge < -0.3 is 0 Å². The van der Waals surface area contributed by atoms with Crippen molar-refractivity contribution in [2.24, 2.45) is 0 Å². The smallest absolute Gasteiger partial charge is 0.175 e. The molecule has 2 heteroatoms. The molecule has 2 radical (unpaired) electrons. The van der Waals surface area contributed by atoms with Gasteiger partial charge in [-0.1, -0.05) is 84.5 Å². The number of fused-ring (bicyclic) bond motifs is 4. The van der Waals surface area contributed by atoms with Crippen molar-refractivity contribution < 1.29 is 26.2 Å². The van der Waals surface area contributed by atoms with E-state index in [0.29, 0.717) is 0 Å². The van der Waals surface area contributed by atoms with Crippen LogP contribution >= 0.6 is 0 Å². The van der Waals surface area contributed by atoms with E-state index in [0.717, 1.165) is 15.9 Å². The van der Waals surface area contributed by atoms with Crippen LogP contribution in [0, 0.1) is 6.07 Å². The first-order valence-electron chi connectivity index (χ1n) is 11.9. The van der Waals surface area contributed by atoms with E-state index in [4.69, 9.17) is 0 Å². The summed E-state index contributed by atoms with van der Waals surface area (Å²) >= 11 is 0. The number of benzene rings is 3. The molecule has 0 heterocycles. The molecule has 0 fully saturated rings. The van der Waals surface area contributed by atoms with Crippen molar-refractivity contribution in [3.8, 4) is 11.1 Å². The predicted octanol–water partition coefficient (Wildman–Crippen LogP) is 9.00. The molecule has 0 amide bonds. The molecule has 34 heavy (non-hydrogen) atoms. The normalized spacial score (nSPS) is 11.9. The molecule has 0 saturated heterocycles. The standard InChI is InChI=1S/C21H25.C9H7.C2H6Si.Zr/c1-20(2,3)16-7-9-18-14(12-16)11-15-13-17(21(4,5)6)8-10-19(15)18;1-2-5-9-7-3-6-8(9)4-1;1-3-2;/h7-10,12H,11H2,1-6H3;1-7H;1-2H3;/q2*-1;;+2. The Morgan fingerprint density at radius 3 is 2.06 bits per heavy atom. The molecule has 0 bridgehead atoms. The summed E-state index contributed by atoms with van der Waals surface area (Å²) < 4.78 is 0. The van der Waals surface area contributed by atoms with Gasteiger partial charge in [-0.15, -0.1) is 40.8 Å². The van der Waals surface area contributed by atoms with Crippen LogP contribution in [0.2, 0.25) is 13.1 Å². The Balaban J connectivity index is 0.000000261. The summed E-state index contributed by atoms with van der Waals surface area (Å²) in [4.78, 5) is 0. The predicted molar refractivity (Wildman–Crippen MR) is 148 cm³/mol. The third-order valence-electron chi connectivity index (χ3n) is 6.01. The van der Waals surface area contributed by atoms with Crippen molar-refractivity contribution in [3.63, 3.8) is 0 Å². The fraction of sp³-hybridized carbons (Fsp3) is 0.344. The zero-order chi connectivity index (χ0) is 24.2. The molecule has 0 N–H and O–H groups in total. The second kappa shape index (κ2) is 11.9. The van der Waals surface area contributed by atoms with E-state index in [1.807, 2.05) is 0 Å². The SMILES string of the molecule is CC(C)(C)c1[c-]c2c(cc1)-c1ccc(C(C)(C)C)cc1C2.C[Si]C.[Zr+2].c1ccc2[cH-]ccc2c1. The van der Waals surface area contributed by atoms with E-state index in [1.165, 1.54) is 44.2 Å². The van der Waals surface area contributed by atoms with Crippen molar-refractivity contribution in [1.82, 2.24) is 0 Å². The minimum atomic E-state index is 0. The summed E-state index contributed by atoms with van der Waals surface area (Å²) in [5, 5.41) is 2.66. The zero-order valence-corrected chi connectivity index (χ0v) is 25.6. The zero-order valence-electron chi connectivity index (χ0n) is 22.1. The Labute approximate surface area is 229 Å². The van der Waals surface area contributed by atoms with Crippen molar-refractivity contribution in [2.75, 3.05) is 0 Å². The minimum Gasteiger partial charge on any atom is -0.175 e. The van der Waals surface area contributed by atoms with E-state index in [1.54, 1.807) is 0 Å². The van der Waals surface area contributed by atoms with E-state index in [-0.39, 0.29) is 37.0 Å². The Kier molecular flexibility index (Phi) is 9.99. The molecule has 1 aliphatic rings. The second-order valence-electron chi connectivity index (χ2n) is 11.0. The van der Waals surface area contributed by atoms with Gasteiger partial charge in [0, 0.05) is 9.52 Å². The van der Waals surface area contributed by atoms with Crippen molar-refractivity contribution in [2.45, 2.75) is 71.9 Å². The van der Waals surface area contributed by atoms with Crippen LogP contribution in [0.1, 0.15) is 63.8 Å². The fourth-order valence-corrected chi connectivity index (χ4v) is 4.10. The Bertz CT molecular complexity index is 1110. The fourth-order valence-electron chi connectivity index (χ4n) is 4.10. The van der Waals surface area contributed by atoms with Gasteiger partial charge in [-0.25, -0.2) is 0 Å². The molecule has 0 atom stereocenters. The van der Waals surface area contributed by atoms with Gasteiger partial charge in [0.25, 0.3) is 0 Å². The summed E-state index contributed by atoms with van der Waals surface area (Å²) in [6.07, 6.45) is 1.03.